The van der Waals surface area contributed by atoms with Gasteiger partial charge in [-0.1, -0.05) is 23.7 Å². The molecular formula is C18H20ClN3O3. The SMILES string of the molecule is C[C@H](NC(=O)c1cc(Cl)c[nH]1)c1ccc(OCC(=O)NC2CC2)cc1. The van der Waals surface area contributed by atoms with Gasteiger partial charge in [0.1, 0.15) is 11.4 Å². The van der Waals surface area contributed by atoms with Gasteiger partial charge in [0.15, 0.2) is 6.61 Å². The Morgan fingerprint density at radius 3 is 2.64 bits per heavy atom. The number of amides is 2. The van der Waals surface area contributed by atoms with Gasteiger partial charge < -0.3 is 20.4 Å². The molecule has 1 aliphatic rings. The molecule has 1 aliphatic carbocycles. The van der Waals surface area contributed by atoms with Crippen molar-refractivity contribution < 1.29 is 14.3 Å². The van der Waals surface area contributed by atoms with Gasteiger partial charge in [0.05, 0.1) is 11.1 Å². The van der Waals surface area contributed by atoms with Crippen LogP contribution in [-0.2, 0) is 4.79 Å². The predicted octanol–water partition coefficient (Wildman–Crippen LogP) is 2.82. The number of aromatic nitrogens is 1. The van der Waals surface area contributed by atoms with E-state index in [4.69, 9.17) is 16.3 Å². The minimum atomic E-state index is -0.225. The second-order valence-electron chi connectivity index (χ2n) is 6.13. The minimum absolute atomic E-state index is 0.00964. The van der Waals surface area contributed by atoms with Gasteiger partial charge in [-0.05, 0) is 43.5 Å². The van der Waals surface area contributed by atoms with Gasteiger partial charge in [-0.15, -0.1) is 0 Å². The molecule has 1 heterocycles. The molecule has 132 valence electrons. The van der Waals surface area contributed by atoms with Gasteiger partial charge in [0.25, 0.3) is 11.8 Å². The molecule has 0 bridgehead atoms. The van der Waals surface area contributed by atoms with Crippen LogP contribution in [0.3, 0.4) is 0 Å². The smallest absolute Gasteiger partial charge is 0.268 e. The zero-order valence-electron chi connectivity index (χ0n) is 13.8. The maximum atomic E-state index is 12.1. The first kappa shape index (κ1) is 17.4. The van der Waals surface area contributed by atoms with Crippen molar-refractivity contribution >= 4 is 23.4 Å². The average Bonchev–Trinajstić information content (AvgIpc) is 3.30. The Morgan fingerprint density at radius 1 is 1.32 bits per heavy atom. The number of benzene rings is 1. The molecule has 0 saturated heterocycles. The molecule has 2 aromatic rings. The predicted molar refractivity (Wildman–Crippen MR) is 94.8 cm³/mol. The fraction of sp³-hybridized carbons (Fsp3) is 0.333. The first-order valence-corrected chi connectivity index (χ1v) is 8.56. The summed E-state index contributed by atoms with van der Waals surface area (Å²) in [5.41, 5.74) is 1.35. The lowest BCUT2D eigenvalue weighted by molar-refractivity contribution is -0.123. The number of rotatable bonds is 7. The van der Waals surface area contributed by atoms with E-state index in [1.54, 1.807) is 24.4 Å². The van der Waals surface area contributed by atoms with Crippen molar-refractivity contribution in [3.8, 4) is 5.75 Å². The second kappa shape index (κ2) is 7.61. The van der Waals surface area contributed by atoms with Crippen molar-refractivity contribution in [1.29, 1.82) is 0 Å². The monoisotopic (exact) mass is 361 g/mol. The maximum absolute atomic E-state index is 12.1. The summed E-state index contributed by atoms with van der Waals surface area (Å²) in [6.45, 7) is 1.90. The number of H-pyrrole nitrogens is 1. The van der Waals surface area contributed by atoms with Crippen LogP contribution in [0.4, 0.5) is 0 Å². The van der Waals surface area contributed by atoms with Gasteiger partial charge in [0, 0.05) is 12.2 Å². The van der Waals surface area contributed by atoms with Crippen LogP contribution in [0.5, 0.6) is 5.75 Å². The molecule has 0 spiro atoms. The number of carbonyl (C=O) groups is 2. The van der Waals surface area contributed by atoms with Crippen LogP contribution in [-0.4, -0.2) is 29.4 Å². The molecule has 0 unspecified atom stereocenters. The van der Waals surface area contributed by atoms with E-state index >= 15 is 0 Å². The van der Waals surface area contributed by atoms with Crippen molar-refractivity contribution in [3.05, 3.63) is 52.8 Å². The molecular weight excluding hydrogens is 342 g/mol. The first-order valence-electron chi connectivity index (χ1n) is 8.18. The van der Waals surface area contributed by atoms with E-state index in [1.807, 2.05) is 19.1 Å². The van der Waals surface area contributed by atoms with E-state index < -0.39 is 0 Å². The average molecular weight is 362 g/mol. The van der Waals surface area contributed by atoms with Crippen LogP contribution >= 0.6 is 11.6 Å². The van der Waals surface area contributed by atoms with E-state index in [0.717, 1.165) is 18.4 Å². The van der Waals surface area contributed by atoms with Gasteiger partial charge in [-0.25, -0.2) is 0 Å². The van der Waals surface area contributed by atoms with Gasteiger partial charge >= 0.3 is 0 Å². The first-order chi connectivity index (χ1) is 12.0. The molecule has 25 heavy (non-hydrogen) atoms. The van der Waals surface area contributed by atoms with Crippen molar-refractivity contribution in [2.45, 2.75) is 31.8 Å². The van der Waals surface area contributed by atoms with Crippen molar-refractivity contribution in [2.24, 2.45) is 0 Å². The topological polar surface area (TPSA) is 83.2 Å². The molecule has 0 radical (unpaired) electrons. The van der Waals surface area contributed by atoms with Crippen LogP contribution in [0, 0.1) is 0 Å². The van der Waals surface area contributed by atoms with Crippen LogP contribution < -0.4 is 15.4 Å². The fourth-order valence-electron chi connectivity index (χ4n) is 2.36. The van der Waals surface area contributed by atoms with E-state index in [9.17, 15) is 9.59 Å². The zero-order chi connectivity index (χ0) is 17.8. The molecule has 1 atom stereocenters. The number of hydrogen-bond donors (Lipinski definition) is 3. The summed E-state index contributed by atoms with van der Waals surface area (Å²) in [7, 11) is 0. The summed E-state index contributed by atoms with van der Waals surface area (Å²) in [5.74, 6) is 0.290. The van der Waals surface area contributed by atoms with Crippen LogP contribution in [0.25, 0.3) is 0 Å². The van der Waals surface area contributed by atoms with Gasteiger partial charge in [-0.3, -0.25) is 9.59 Å². The highest BCUT2D eigenvalue weighted by molar-refractivity contribution is 6.30. The summed E-state index contributed by atoms with van der Waals surface area (Å²) in [6, 6.07) is 9.02. The number of halogens is 1. The Bertz CT molecular complexity index is 753. The number of aromatic amines is 1. The van der Waals surface area contributed by atoms with E-state index in [1.165, 1.54) is 0 Å². The summed E-state index contributed by atoms with van der Waals surface area (Å²) in [4.78, 5) is 26.5. The lowest BCUT2D eigenvalue weighted by Crippen LogP contribution is -2.30. The Morgan fingerprint density at radius 2 is 2.04 bits per heavy atom. The maximum Gasteiger partial charge on any atom is 0.268 e. The van der Waals surface area contributed by atoms with E-state index in [0.29, 0.717) is 22.5 Å². The molecule has 2 amide bonds. The quantitative estimate of drug-likeness (QED) is 0.709. The third-order valence-corrected chi connectivity index (χ3v) is 4.15. The van der Waals surface area contributed by atoms with Crippen LogP contribution in [0.15, 0.2) is 36.5 Å². The van der Waals surface area contributed by atoms with Crippen LogP contribution in [0.2, 0.25) is 5.02 Å². The normalized spacial score (nSPS) is 14.6. The molecule has 3 rings (SSSR count). The second-order valence-corrected chi connectivity index (χ2v) is 6.56. The minimum Gasteiger partial charge on any atom is -0.484 e. The fourth-order valence-corrected chi connectivity index (χ4v) is 2.52. The van der Waals surface area contributed by atoms with Crippen molar-refractivity contribution in [3.63, 3.8) is 0 Å². The molecule has 6 nitrogen and oxygen atoms in total. The Kier molecular flexibility index (Phi) is 5.28. The van der Waals surface area contributed by atoms with Crippen LogP contribution in [0.1, 0.15) is 41.9 Å². The summed E-state index contributed by atoms with van der Waals surface area (Å²) in [6.07, 6.45) is 3.67. The number of nitrogens with one attached hydrogen (secondary N) is 3. The van der Waals surface area contributed by atoms with Gasteiger partial charge in [0.2, 0.25) is 0 Å². The highest BCUT2D eigenvalue weighted by Gasteiger charge is 2.23. The Balaban J connectivity index is 1.50. The Labute approximate surface area is 150 Å². The molecule has 0 aliphatic heterocycles. The zero-order valence-corrected chi connectivity index (χ0v) is 14.6. The number of carbonyl (C=O) groups excluding carboxylic acids is 2. The van der Waals surface area contributed by atoms with Gasteiger partial charge in [-0.2, -0.15) is 0 Å². The summed E-state index contributed by atoms with van der Waals surface area (Å²) < 4.78 is 5.47. The van der Waals surface area contributed by atoms with Crippen molar-refractivity contribution in [1.82, 2.24) is 15.6 Å². The van der Waals surface area contributed by atoms with Crippen molar-refractivity contribution in [2.75, 3.05) is 6.61 Å². The summed E-state index contributed by atoms with van der Waals surface area (Å²) >= 11 is 5.80. The largest absolute Gasteiger partial charge is 0.484 e. The molecule has 1 saturated carbocycles. The Hall–Kier alpha value is -2.47. The molecule has 7 heteroatoms. The summed E-state index contributed by atoms with van der Waals surface area (Å²) in [5, 5.41) is 6.25. The highest BCUT2D eigenvalue weighted by atomic mass is 35.5. The lowest BCUT2D eigenvalue weighted by Gasteiger charge is -2.14. The number of hydrogen-bond acceptors (Lipinski definition) is 3. The molecule has 1 aromatic carbocycles. The third kappa shape index (κ3) is 5.00. The highest BCUT2D eigenvalue weighted by Crippen LogP contribution is 2.20. The van der Waals surface area contributed by atoms with E-state index in [2.05, 4.69) is 15.6 Å². The molecule has 3 N–H and O–H groups in total. The lowest BCUT2D eigenvalue weighted by atomic mass is 10.1. The molecule has 1 aromatic heterocycles. The third-order valence-electron chi connectivity index (χ3n) is 3.93. The molecule has 1 fully saturated rings. The number of ether oxygens (including phenoxy) is 1. The van der Waals surface area contributed by atoms with E-state index in [-0.39, 0.29) is 24.5 Å². The standard InChI is InChI=1S/C18H20ClN3O3/c1-11(21-18(24)16-8-13(19)9-20-16)12-2-6-15(7-3-12)25-10-17(23)22-14-4-5-14/h2-3,6-9,11,14,20H,4-5,10H2,1H3,(H,21,24)(H,22,23)/t11-/m0/s1.